The van der Waals surface area contributed by atoms with Gasteiger partial charge in [0.2, 0.25) is 6.79 Å². The summed E-state index contributed by atoms with van der Waals surface area (Å²) >= 11 is 1.68. The summed E-state index contributed by atoms with van der Waals surface area (Å²) in [7, 11) is 0. The number of hydrogen-bond acceptors (Lipinski definition) is 8. The molecule has 4 heterocycles. The predicted octanol–water partition coefficient (Wildman–Crippen LogP) is 3.48. The lowest BCUT2D eigenvalue weighted by Crippen LogP contribution is -2.30. The van der Waals surface area contributed by atoms with Crippen molar-refractivity contribution in [1.29, 1.82) is 0 Å². The van der Waals surface area contributed by atoms with Crippen LogP contribution in [-0.4, -0.2) is 57.8 Å². The van der Waals surface area contributed by atoms with Gasteiger partial charge in [-0.05, 0) is 43.9 Å². The number of rotatable bonds is 8. The summed E-state index contributed by atoms with van der Waals surface area (Å²) in [6, 6.07) is 5.20. The highest BCUT2D eigenvalue weighted by molar-refractivity contribution is 7.99. The molecule has 2 aliphatic rings. The Labute approximate surface area is 196 Å². The van der Waals surface area contributed by atoms with Gasteiger partial charge in [-0.25, -0.2) is 14.6 Å². The van der Waals surface area contributed by atoms with Gasteiger partial charge >= 0.3 is 0 Å². The molecule has 1 fully saturated rings. The van der Waals surface area contributed by atoms with Gasteiger partial charge in [0, 0.05) is 31.0 Å². The standard InChI is InChI=1S/C23H28N6O3S/c1-2-12-33-23-26-20(28-9-4-3-5-10-28)17-14-25-29(21(17)27-23)11-8-24-22(30)16-6-7-18-19(13-16)32-15-31-18/h6-7,13-14H,2-5,8-12,15H2,1H3,(H,24,30). The number of aromatic nitrogens is 4. The maximum Gasteiger partial charge on any atom is 0.251 e. The molecule has 2 aromatic heterocycles. The lowest BCUT2D eigenvalue weighted by Gasteiger charge is -2.28. The van der Waals surface area contributed by atoms with Crippen LogP contribution in [0.25, 0.3) is 11.0 Å². The molecule has 0 unspecified atom stereocenters. The molecule has 1 aromatic carbocycles. The highest BCUT2D eigenvalue weighted by Gasteiger charge is 2.20. The largest absolute Gasteiger partial charge is 0.454 e. The lowest BCUT2D eigenvalue weighted by atomic mass is 10.1. The summed E-state index contributed by atoms with van der Waals surface area (Å²) in [4.78, 5) is 24.6. The maximum atomic E-state index is 12.6. The van der Waals surface area contributed by atoms with Crippen LogP contribution in [0.3, 0.4) is 0 Å². The van der Waals surface area contributed by atoms with E-state index in [1.807, 2.05) is 10.9 Å². The Morgan fingerprint density at radius 3 is 2.85 bits per heavy atom. The summed E-state index contributed by atoms with van der Waals surface area (Å²) in [5, 5.41) is 9.30. The number of nitrogens with zero attached hydrogens (tertiary/aromatic N) is 5. The number of carbonyl (C=O) groups excluding carboxylic acids is 1. The van der Waals surface area contributed by atoms with Crippen molar-refractivity contribution in [1.82, 2.24) is 25.1 Å². The van der Waals surface area contributed by atoms with Crippen LogP contribution in [0.15, 0.2) is 29.6 Å². The van der Waals surface area contributed by atoms with Crippen LogP contribution < -0.4 is 19.7 Å². The normalized spacial score (nSPS) is 15.2. The van der Waals surface area contributed by atoms with Crippen molar-refractivity contribution in [2.24, 2.45) is 0 Å². The molecule has 0 spiro atoms. The van der Waals surface area contributed by atoms with Crippen molar-refractivity contribution < 1.29 is 14.3 Å². The second-order valence-electron chi connectivity index (χ2n) is 8.15. The van der Waals surface area contributed by atoms with Gasteiger partial charge in [0.05, 0.1) is 18.1 Å². The lowest BCUT2D eigenvalue weighted by molar-refractivity contribution is 0.0951. The SMILES string of the molecule is CCCSc1nc(N2CCCCC2)c2cnn(CCNC(=O)c3ccc4c(c3)OCO4)c2n1. The highest BCUT2D eigenvalue weighted by Crippen LogP contribution is 2.32. The Morgan fingerprint density at radius 1 is 1.15 bits per heavy atom. The Bertz CT molecular complexity index is 1140. The van der Waals surface area contributed by atoms with E-state index in [0.29, 0.717) is 30.2 Å². The van der Waals surface area contributed by atoms with E-state index in [1.165, 1.54) is 19.3 Å². The number of anilines is 1. The molecule has 0 saturated carbocycles. The summed E-state index contributed by atoms with van der Waals surface area (Å²) < 4.78 is 12.5. The fraction of sp³-hybridized carbons (Fsp3) is 0.478. The number of ether oxygens (including phenoxy) is 2. The molecule has 0 bridgehead atoms. The second-order valence-corrected chi connectivity index (χ2v) is 9.22. The zero-order valence-corrected chi connectivity index (χ0v) is 19.6. The molecule has 10 heteroatoms. The van der Waals surface area contributed by atoms with Gasteiger partial charge < -0.3 is 19.7 Å². The molecule has 5 rings (SSSR count). The first-order valence-corrected chi connectivity index (χ1v) is 12.5. The van der Waals surface area contributed by atoms with E-state index < -0.39 is 0 Å². The van der Waals surface area contributed by atoms with Gasteiger partial charge in [0.25, 0.3) is 5.91 Å². The molecule has 3 aromatic rings. The number of fused-ring (bicyclic) bond motifs is 2. The Hall–Kier alpha value is -3.01. The average Bonchev–Trinajstić information content (AvgIpc) is 3.49. The Morgan fingerprint density at radius 2 is 2.00 bits per heavy atom. The Kier molecular flexibility index (Phi) is 6.52. The molecule has 1 amide bonds. The smallest absolute Gasteiger partial charge is 0.251 e. The van der Waals surface area contributed by atoms with Crippen molar-refractivity contribution in [3.63, 3.8) is 0 Å². The predicted molar refractivity (Wildman–Crippen MR) is 127 cm³/mol. The molecule has 2 aliphatic heterocycles. The van der Waals surface area contributed by atoms with E-state index >= 15 is 0 Å². The molecule has 1 saturated heterocycles. The molecule has 0 atom stereocenters. The summed E-state index contributed by atoms with van der Waals surface area (Å²) in [5.41, 5.74) is 1.36. The van der Waals surface area contributed by atoms with E-state index in [0.717, 1.165) is 47.3 Å². The zero-order chi connectivity index (χ0) is 22.6. The van der Waals surface area contributed by atoms with Crippen LogP contribution in [0.4, 0.5) is 5.82 Å². The van der Waals surface area contributed by atoms with E-state index in [4.69, 9.17) is 19.4 Å². The molecule has 0 aliphatic carbocycles. The van der Waals surface area contributed by atoms with Gasteiger partial charge in [0.1, 0.15) is 5.82 Å². The third-order valence-electron chi connectivity index (χ3n) is 5.79. The van der Waals surface area contributed by atoms with Crippen LogP contribution in [0, 0.1) is 0 Å². The number of benzene rings is 1. The quantitative estimate of drug-likeness (QED) is 0.397. The van der Waals surface area contributed by atoms with E-state index in [9.17, 15) is 4.79 Å². The maximum absolute atomic E-state index is 12.6. The van der Waals surface area contributed by atoms with Gasteiger partial charge in [0.15, 0.2) is 22.3 Å². The third kappa shape index (κ3) is 4.71. The van der Waals surface area contributed by atoms with E-state index in [1.54, 1.807) is 30.0 Å². The summed E-state index contributed by atoms with van der Waals surface area (Å²) in [5.74, 6) is 3.06. The monoisotopic (exact) mass is 468 g/mol. The van der Waals surface area contributed by atoms with Crippen molar-refractivity contribution in [2.75, 3.05) is 37.1 Å². The van der Waals surface area contributed by atoms with Crippen LogP contribution in [0.2, 0.25) is 0 Å². The van der Waals surface area contributed by atoms with Crippen molar-refractivity contribution in [2.45, 2.75) is 44.3 Å². The first-order valence-electron chi connectivity index (χ1n) is 11.5. The first kappa shape index (κ1) is 21.8. The molecule has 174 valence electrons. The third-order valence-corrected chi connectivity index (χ3v) is 6.84. The molecular weight excluding hydrogens is 440 g/mol. The van der Waals surface area contributed by atoms with Crippen molar-refractivity contribution >= 4 is 34.5 Å². The van der Waals surface area contributed by atoms with Crippen LogP contribution in [0.5, 0.6) is 11.5 Å². The topological polar surface area (TPSA) is 94.4 Å². The first-order chi connectivity index (χ1) is 16.2. The van der Waals surface area contributed by atoms with Crippen LogP contribution in [0.1, 0.15) is 43.0 Å². The van der Waals surface area contributed by atoms with Gasteiger partial charge in [-0.15, -0.1) is 0 Å². The van der Waals surface area contributed by atoms with Gasteiger partial charge in [-0.1, -0.05) is 18.7 Å². The fourth-order valence-corrected chi connectivity index (χ4v) is 4.79. The Balaban J connectivity index is 1.32. The molecule has 33 heavy (non-hydrogen) atoms. The fourth-order valence-electron chi connectivity index (χ4n) is 4.10. The minimum absolute atomic E-state index is 0.160. The summed E-state index contributed by atoms with van der Waals surface area (Å²) in [6.45, 7) is 5.33. The van der Waals surface area contributed by atoms with Crippen molar-refractivity contribution in [3.8, 4) is 11.5 Å². The van der Waals surface area contributed by atoms with Gasteiger partial charge in [-0.2, -0.15) is 5.10 Å². The highest BCUT2D eigenvalue weighted by atomic mass is 32.2. The zero-order valence-electron chi connectivity index (χ0n) is 18.7. The average molecular weight is 469 g/mol. The van der Waals surface area contributed by atoms with Gasteiger partial charge in [-0.3, -0.25) is 4.79 Å². The molecule has 9 nitrogen and oxygen atoms in total. The van der Waals surface area contributed by atoms with Crippen LogP contribution in [-0.2, 0) is 6.54 Å². The second kappa shape index (κ2) is 9.86. The number of piperidine rings is 1. The van der Waals surface area contributed by atoms with E-state index in [2.05, 4.69) is 22.2 Å². The molecule has 1 N–H and O–H groups in total. The molecular formula is C23H28N6O3S. The number of nitrogens with one attached hydrogen (secondary N) is 1. The van der Waals surface area contributed by atoms with Crippen molar-refractivity contribution in [3.05, 3.63) is 30.0 Å². The number of hydrogen-bond donors (Lipinski definition) is 1. The number of amides is 1. The number of thioether (sulfide) groups is 1. The minimum Gasteiger partial charge on any atom is -0.454 e. The number of carbonyl (C=O) groups is 1. The van der Waals surface area contributed by atoms with E-state index in [-0.39, 0.29) is 12.7 Å². The van der Waals surface area contributed by atoms with Crippen LogP contribution >= 0.6 is 11.8 Å². The minimum atomic E-state index is -0.160. The summed E-state index contributed by atoms with van der Waals surface area (Å²) in [6.07, 6.45) is 6.56. The molecule has 0 radical (unpaired) electrons.